The summed E-state index contributed by atoms with van der Waals surface area (Å²) in [5.74, 6) is 2.36. The minimum atomic E-state index is -0.0468. The van der Waals surface area contributed by atoms with Crippen LogP contribution in [0, 0.1) is 0 Å². The average Bonchev–Trinajstić information content (AvgIpc) is 2.61. The summed E-state index contributed by atoms with van der Waals surface area (Å²) in [6.45, 7) is 4.82. The number of esters is 1. The highest BCUT2D eigenvalue weighted by molar-refractivity contribution is 8.76. The van der Waals surface area contributed by atoms with Gasteiger partial charge in [0.1, 0.15) is 0 Å². The maximum absolute atomic E-state index is 11.2. The molecule has 0 spiro atoms. The van der Waals surface area contributed by atoms with Crippen molar-refractivity contribution in [2.75, 3.05) is 18.1 Å². The van der Waals surface area contributed by atoms with E-state index in [4.69, 9.17) is 4.74 Å². The van der Waals surface area contributed by atoms with Gasteiger partial charge in [0, 0.05) is 17.9 Å². The Bertz CT molecular complexity index is 446. The molecule has 0 atom stereocenters. The van der Waals surface area contributed by atoms with Gasteiger partial charge < -0.3 is 4.74 Å². The van der Waals surface area contributed by atoms with E-state index in [0.717, 1.165) is 25.7 Å². The standard InChI is InChI=1S/C21H34O2S2/c1-3-9-19-11-13-20(14-12-19)15-18-25-24-17-8-6-5-7-16-23-21(22)10-4-2/h11-14H,3-10,15-18H2,1-2H3. The van der Waals surface area contributed by atoms with Crippen LogP contribution in [-0.2, 0) is 22.4 Å². The first-order valence-electron chi connectivity index (χ1n) is 9.74. The summed E-state index contributed by atoms with van der Waals surface area (Å²) in [6.07, 6.45) is 9.64. The number of carbonyl (C=O) groups excluding carboxylic acids is 1. The van der Waals surface area contributed by atoms with Gasteiger partial charge in [-0.15, -0.1) is 0 Å². The van der Waals surface area contributed by atoms with E-state index in [1.54, 1.807) is 0 Å². The summed E-state index contributed by atoms with van der Waals surface area (Å²) in [6, 6.07) is 9.11. The molecule has 0 unspecified atom stereocenters. The number of rotatable bonds is 15. The summed E-state index contributed by atoms with van der Waals surface area (Å²) in [5.41, 5.74) is 2.90. The molecule has 0 saturated heterocycles. The summed E-state index contributed by atoms with van der Waals surface area (Å²) in [4.78, 5) is 11.2. The van der Waals surface area contributed by atoms with Crippen LogP contribution in [0.2, 0.25) is 0 Å². The topological polar surface area (TPSA) is 26.3 Å². The predicted octanol–water partition coefficient (Wildman–Crippen LogP) is 6.47. The molecule has 0 radical (unpaired) electrons. The van der Waals surface area contributed by atoms with Crippen molar-refractivity contribution in [3.8, 4) is 0 Å². The van der Waals surface area contributed by atoms with Crippen LogP contribution in [-0.4, -0.2) is 24.1 Å². The molecule has 0 fully saturated rings. The van der Waals surface area contributed by atoms with Crippen molar-refractivity contribution in [3.05, 3.63) is 35.4 Å². The molecule has 0 aromatic heterocycles. The fourth-order valence-corrected chi connectivity index (χ4v) is 4.70. The van der Waals surface area contributed by atoms with Gasteiger partial charge in [0.25, 0.3) is 0 Å². The maximum atomic E-state index is 11.2. The van der Waals surface area contributed by atoms with Gasteiger partial charge in [-0.25, -0.2) is 0 Å². The second-order valence-electron chi connectivity index (χ2n) is 6.35. The Kier molecular flexibility index (Phi) is 14.0. The van der Waals surface area contributed by atoms with Crippen LogP contribution in [0.4, 0.5) is 0 Å². The van der Waals surface area contributed by atoms with Crippen LogP contribution in [0.15, 0.2) is 24.3 Å². The average molecular weight is 383 g/mol. The highest BCUT2D eigenvalue weighted by Gasteiger charge is 2.00. The summed E-state index contributed by atoms with van der Waals surface area (Å²) >= 11 is 0. The Labute approximate surface area is 162 Å². The molecule has 0 amide bonds. The smallest absolute Gasteiger partial charge is 0.305 e. The lowest BCUT2D eigenvalue weighted by atomic mass is 10.1. The van der Waals surface area contributed by atoms with E-state index in [1.165, 1.54) is 48.3 Å². The summed E-state index contributed by atoms with van der Waals surface area (Å²) in [7, 11) is 3.98. The Morgan fingerprint density at radius 3 is 2.16 bits per heavy atom. The van der Waals surface area contributed by atoms with Gasteiger partial charge in [-0.3, -0.25) is 4.79 Å². The van der Waals surface area contributed by atoms with Crippen molar-refractivity contribution < 1.29 is 9.53 Å². The lowest BCUT2D eigenvalue weighted by molar-refractivity contribution is -0.143. The Hall–Kier alpha value is -0.610. The Morgan fingerprint density at radius 1 is 0.840 bits per heavy atom. The molecule has 0 bridgehead atoms. The molecule has 0 aliphatic rings. The van der Waals surface area contributed by atoms with Gasteiger partial charge in [0.05, 0.1) is 6.61 Å². The van der Waals surface area contributed by atoms with Gasteiger partial charge in [0.2, 0.25) is 0 Å². The van der Waals surface area contributed by atoms with E-state index in [2.05, 4.69) is 31.2 Å². The lowest BCUT2D eigenvalue weighted by Gasteiger charge is -2.05. The van der Waals surface area contributed by atoms with E-state index in [-0.39, 0.29) is 5.97 Å². The van der Waals surface area contributed by atoms with Crippen LogP contribution in [0.1, 0.15) is 69.9 Å². The highest BCUT2D eigenvalue weighted by Crippen LogP contribution is 2.24. The second-order valence-corrected chi connectivity index (χ2v) is 9.05. The summed E-state index contributed by atoms with van der Waals surface area (Å²) < 4.78 is 5.16. The quantitative estimate of drug-likeness (QED) is 0.197. The van der Waals surface area contributed by atoms with Gasteiger partial charge in [-0.1, -0.05) is 79.0 Å². The van der Waals surface area contributed by atoms with Crippen molar-refractivity contribution in [1.29, 1.82) is 0 Å². The molecule has 142 valence electrons. The highest BCUT2D eigenvalue weighted by atomic mass is 33.1. The number of unbranched alkanes of at least 4 members (excludes halogenated alkanes) is 3. The first kappa shape index (κ1) is 22.4. The summed E-state index contributed by atoms with van der Waals surface area (Å²) in [5, 5.41) is 0. The van der Waals surface area contributed by atoms with Crippen LogP contribution in [0.25, 0.3) is 0 Å². The van der Waals surface area contributed by atoms with E-state index in [0.29, 0.717) is 13.0 Å². The first-order chi connectivity index (χ1) is 12.3. The number of ether oxygens (including phenoxy) is 1. The predicted molar refractivity (Wildman–Crippen MR) is 113 cm³/mol. The van der Waals surface area contributed by atoms with Crippen molar-refractivity contribution in [1.82, 2.24) is 0 Å². The van der Waals surface area contributed by atoms with Crippen LogP contribution >= 0.6 is 21.6 Å². The van der Waals surface area contributed by atoms with E-state index >= 15 is 0 Å². The third-order valence-corrected chi connectivity index (χ3v) is 6.45. The molecule has 0 heterocycles. The largest absolute Gasteiger partial charge is 0.466 e. The van der Waals surface area contributed by atoms with Crippen molar-refractivity contribution in [3.63, 3.8) is 0 Å². The zero-order chi connectivity index (χ0) is 18.2. The third kappa shape index (κ3) is 12.4. The molecule has 0 saturated carbocycles. The van der Waals surface area contributed by atoms with Crippen molar-refractivity contribution in [2.45, 2.75) is 71.6 Å². The molecular formula is C21H34O2S2. The molecule has 25 heavy (non-hydrogen) atoms. The molecule has 0 aliphatic heterocycles. The molecule has 0 N–H and O–H groups in total. The van der Waals surface area contributed by atoms with Gasteiger partial charge >= 0.3 is 5.97 Å². The SMILES string of the molecule is CCCC(=O)OCCCCCCSSCCc1ccc(CCC)cc1. The fraction of sp³-hybridized carbons (Fsp3) is 0.667. The Balaban J connectivity index is 1.88. The zero-order valence-corrected chi connectivity index (χ0v) is 17.6. The number of hydrogen-bond acceptors (Lipinski definition) is 4. The molecular weight excluding hydrogens is 348 g/mol. The van der Waals surface area contributed by atoms with Crippen molar-refractivity contribution >= 4 is 27.6 Å². The van der Waals surface area contributed by atoms with E-state index in [1.807, 2.05) is 28.5 Å². The molecule has 2 nitrogen and oxygen atoms in total. The monoisotopic (exact) mass is 382 g/mol. The molecule has 4 heteroatoms. The minimum absolute atomic E-state index is 0.0468. The fourth-order valence-electron chi connectivity index (χ4n) is 2.52. The van der Waals surface area contributed by atoms with Gasteiger partial charge in [0.15, 0.2) is 0 Å². The van der Waals surface area contributed by atoms with Crippen LogP contribution < -0.4 is 0 Å². The number of aryl methyl sites for hydroxylation is 2. The molecule has 1 aromatic rings. The van der Waals surface area contributed by atoms with Crippen LogP contribution in [0.3, 0.4) is 0 Å². The van der Waals surface area contributed by atoms with Crippen molar-refractivity contribution in [2.24, 2.45) is 0 Å². The van der Waals surface area contributed by atoms with E-state index < -0.39 is 0 Å². The molecule has 0 aliphatic carbocycles. The lowest BCUT2D eigenvalue weighted by Crippen LogP contribution is -2.04. The second kappa shape index (κ2) is 15.6. The number of benzene rings is 1. The Morgan fingerprint density at radius 2 is 1.48 bits per heavy atom. The normalized spacial score (nSPS) is 10.8. The molecule has 1 rings (SSSR count). The molecule has 1 aromatic carbocycles. The minimum Gasteiger partial charge on any atom is -0.466 e. The van der Waals surface area contributed by atoms with Gasteiger partial charge in [-0.05, 0) is 43.2 Å². The van der Waals surface area contributed by atoms with E-state index in [9.17, 15) is 4.79 Å². The third-order valence-electron chi connectivity index (χ3n) is 3.96. The number of carbonyl (C=O) groups is 1. The van der Waals surface area contributed by atoms with Crippen LogP contribution in [0.5, 0.6) is 0 Å². The van der Waals surface area contributed by atoms with Gasteiger partial charge in [-0.2, -0.15) is 0 Å². The maximum Gasteiger partial charge on any atom is 0.305 e. The first-order valence-corrected chi connectivity index (χ1v) is 12.2. The zero-order valence-electron chi connectivity index (χ0n) is 15.9. The number of hydrogen-bond donors (Lipinski definition) is 0.